The van der Waals surface area contributed by atoms with Crippen LogP contribution in [0.1, 0.15) is 10.4 Å². The number of ether oxygens (including phenoxy) is 2. The molecule has 2 rings (SSSR count). The highest BCUT2D eigenvalue weighted by Gasteiger charge is 2.15. The van der Waals surface area contributed by atoms with Crippen LogP contribution in [0.2, 0.25) is 0 Å². The van der Waals surface area contributed by atoms with Crippen LogP contribution in [0.25, 0.3) is 0 Å². The molecule has 0 atom stereocenters. The molecule has 0 radical (unpaired) electrons. The Morgan fingerprint density at radius 2 is 2.15 bits per heavy atom. The molecule has 0 amide bonds. The van der Waals surface area contributed by atoms with Crippen molar-refractivity contribution in [1.82, 2.24) is 9.55 Å². The molecule has 0 unspecified atom stereocenters. The molecule has 0 aliphatic carbocycles. The van der Waals surface area contributed by atoms with Crippen molar-refractivity contribution in [3.8, 4) is 11.5 Å². The summed E-state index contributed by atoms with van der Waals surface area (Å²) in [6.45, 7) is 0. The third kappa shape index (κ3) is 3.14. The SMILES string of the molecule is COc1ccc(OC)c(C(=O)CSc2nccn2C)c1. The lowest BCUT2D eigenvalue weighted by Crippen LogP contribution is -2.06. The summed E-state index contributed by atoms with van der Waals surface area (Å²) in [6.07, 6.45) is 3.55. The van der Waals surface area contributed by atoms with Crippen molar-refractivity contribution < 1.29 is 14.3 Å². The number of hydrogen-bond donors (Lipinski definition) is 0. The fourth-order valence-corrected chi connectivity index (χ4v) is 2.55. The van der Waals surface area contributed by atoms with Gasteiger partial charge in [-0.25, -0.2) is 4.98 Å². The van der Waals surface area contributed by atoms with Gasteiger partial charge >= 0.3 is 0 Å². The minimum absolute atomic E-state index is 0.0197. The van der Waals surface area contributed by atoms with Crippen LogP contribution >= 0.6 is 11.8 Å². The molecule has 0 saturated heterocycles. The summed E-state index contributed by atoms with van der Waals surface area (Å²) in [5.74, 6) is 1.47. The van der Waals surface area contributed by atoms with Gasteiger partial charge < -0.3 is 14.0 Å². The summed E-state index contributed by atoms with van der Waals surface area (Å²) in [7, 11) is 5.01. The van der Waals surface area contributed by atoms with Gasteiger partial charge in [-0.3, -0.25) is 4.79 Å². The fourth-order valence-electron chi connectivity index (χ4n) is 1.73. The van der Waals surface area contributed by atoms with Crippen molar-refractivity contribution in [2.24, 2.45) is 7.05 Å². The van der Waals surface area contributed by atoms with Crippen LogP contribution in [0.15, 0.2) is 35.7 Å². The van der Waals surface area contributed by atoms with Crippen molar-refractivity contribution in [2.75, 3.05) is 20.0 Å². The number of aryl methyl sites for hydroxylation is 1. The molecule has 0 N–H and O–H groups in total. The maximum absolute atomic E-state index is 12.3. The number of imidazole rings is 1. The first-order chi connectivity index (χ1) is 9.65. The number of Topliss-reactive ketones (excluding diaryl/α,β-unsaturated/α-hetero) is 1. The van der Waals surface area contributed by atoms with Crippen LogP contribution in [0.4, 0.5) is 0 Å². The van der Waals surface area contributed by atoms with Gasteiger partial charge in [0.2, 0.25) is 0 Å². The molecule has 106 valence electrons. The van der Waals surface area contributed by atoms with Crippen molar-refractivity contribution in [3.05, 3.63) is 36.2 Å². The van der Waals surface area contributed by atoms with Crippen LogP contribution in [0, 0.1) is 0 Å². The topological polar surface area (TPSA) is 53.4 Å². The van der Waals surface area contributed by atoms with E-state index in [-0.39, 0.29) is 5.78 Å². The number of thioether (sulfide) groups is 1. The van der Waals surface area contributed by atoms with Gasteiger partial charge in [-0.1, -0.05) is 11.8 Å². The van der Waals surface area contributed by atoms with Gasteiger partial charge in [-0.05, 0) is 18.2 Å². The molecule has 6 heteroatoms. The Hall–Kier alpha value is -1.95. The van der Waals surface area contributed by atoms with E-state index in [0.717, 1.165) is 5.16 Å². The van der Waals surface area contributed by atoms with Gasteiger partial charge in [-0.15, -0.1) is 0 Å². The Balaban J connectivity index is 2.14. The highest BCUT2D eigenvalue weighted by Crippen LogP contribution is 2.26. The van der Waals surface area contributed by atoms with Gasteiger partial charge in [0, 0.05) is 19.4 Å². The van der Waals surface area contributed by atoms with Crippen molar-refractivity contribution in [1.29, 1.82) is 0 Å². The number of methoxy groups -OCH3 is 2. The standard InChI is InChI=1S/C14H16N2O3S/c1-16-7-6-15-14(16)20-9-12(17)11-8-10(18-2)4-5-13(11)19-3/h4-8H,9H2,1-3H3. The number of carbonyl (C=O) groups is 1. The Kier molecular flexibility index (Phi) is 4.68. The van der Waals surface area contributed by atoms with Gasteiger partial charge in [0.05, 0.1) is 25.5 Å². The van der Waals surface area contributed by atoms with E-state index in [4.69, 9.17) is 9.47 Å². The van der Waals surface area contributed by atoms with E-state index in [1.54, 1.807) is 38.6 Å². The second kappa shape index (κ2) is 6.47. The quantitative estimate of drug-likeness (QED) is 0.604. The summed E-state index contributed by atoms with van der Waals surface area (Å²) in [4.78, 5) is 16.5. The van der Waals surface area contributed by atoms with E-state index < -0.39 is 0 Å². The molecule has 0 spiro atoms. The predicted octanol–water partition coefficient (Wildman–Crippen LogP) is 2.41. The van der Waals surface area contributed by atoms with Crippen LogP contribution < -0.4 is 9.47 Å². The lowest BCUT2D eigenvalue weighted by molar-refractivity contribution is 0.101. The Morgan fingerprint density at radius 3 is 2.75 bits per heavy atom. The summed E-state index contributed by atoms with van der Waals surface area (Å²) in [5.41, 5.74) is 0.522. The van der Waals surface area contributed by atoms with Gasteiger partial charge in [0.15, 0.2) is 10.9 Å². The maximum atomic E-state index is 12.3. The monoisotopic (exact) mass is 292 g/mol. The summed E-state index contributed by atoms with van der Waals surface area (Å²) < 4.78 is 12.2. The number of hydrogen-bond acceptors (Lipinski definition) is 5. The van der Waals surface area contributed by atoms with Crippen LogP contribution in [-0.2, 0) is 7.05 Å². The van der Waals surface area contributed by atoms with Crippen LogP contribution in [0.3, 0.4) is 0 Å². The number of aromatic nitrogens is 2. The molecule has 0 fully saturated rings. The molecule has 1 heterocycles. The first-order valence-electron chi connectivity index (χ1n) is 6.01. The molecular weight excluding hydrogens is 276 g/mol. The van der Waals surface area contributed by atoms with Crippen molar-refractivity contribution in [3.63, 3.8) is 0 Å². The number of benzene rings is 1. The first-order valence-corrected chi connectivity index (χ1v) is 6.99. The van der Waals surface area contributed by atoms with Gasteiger partial charge in [0.1, 0.15) is 11.5 Å². The number of carbonyl (C=O) groups excluding carboxylic acids is 1. The third-order valence-corrected chi connectivity index (χ3v) is 3.87. The van der Waals surface area contributed by atoms with E-state index in [1.165, 1.54) is 11.8 Å². The highest BCUT2D eigenvalue weighted by molar-refractivity contribution is 7.99. The molecule has 0 bridgehead atoms. The summed E-state index contributed by atoms with van der Waals surface area (Å²) in [6, 6.07) is 5.19. The van der Waals surface area contributed by atoms with E-state index in [2.05, 4.69) is 4.98 Å². The largest absolute Gasteiger partial charge is 0.497 e. The zero-order chi connectivity index (χ0) is 14.5. The summed E-state index contributed by atoms with van der Waals surface area (Å²) >= 11 is 1.40. The molecule has 0 aliphatic heterocycles. The second-order valence-electron chi connectivity index (χ2n) is 4.10. The Morgan fingerprint density at radius 1 is 1.35 bits per heavy atom. The normalized spacial score (nSPS) is 10.3. The summed E-state index contributed by atoms with van der Waals surface area (Å²) in [5, 5.41) is 0.806. The molecule has 1 aromatic carbocycles. The number of rotatable bonds is 6. The minimum Gasteiger partial charge on any atom is -0.497 e. The minimum atomic E-state index is -0.0197. The molecule has 5 nitrogen and oxygen atoms in total. The van der Waals surface area contributed by atoms with Gasteiger partial charge in [0.25, 0.3) is 0 Å². The molecule has 0 saturated carbocycles. The number of ketones is 1. The van der Waals surface area contributed by atoms with Crippen LogP contribution in [-0.4, -0.2) is 35.3 Å². The molecule has 1 aromatic heterocycles. The Bertz CT molecular complexity index is 610. The average Bonchev–Trinajstić information content (AvgIpc) is 2.89. The van der Waals surface area contributed by atoms with E-state index in [0.29, 0.717) is 22.8 Å². The zero-order valence-electron chi connectivity index (χ0n) is 11.6. The highest BCUT2D eigenvalue weighted by atomic mass is 32.2. The van der Waals surface area contributed by atoms with E-state index in [9.17, 15) is 4.79 Å². The van der Waals surface area contributed by atoms with E-state index in [1.807, 2.05) is 17.8 Å². The predicted molar refractivity (Wildman–Crippen MR) is 77.8 cm³/mol. The van der Waals surface area contributed by atoms with Crippen molar-refractivity contribution >= 4 is 17.5 Å². The third-order valence-electron chi connectivity index (χ3n) is 2.82. The van der Waals surface area contributed by atoms with Crippen molar-refractivity contribution in [2.45, 2.75) is 5.16 Å². The first kappa shape index (κ1) is 14.5. The number of nitrogens with zero attached hydrogens (tertiary/aromatic N) is 2. The average molecular weight is 292 g/mol. The maximum Gasteiger partial charge on any atom is 0.177 e. The lowest BCUT2D eigenvalue weighted by Gasteiger charge is -2.09. The zero-order valence-corrected chi connectivity index (χ0v) is 12.4. The Labute approximate surface area is 121 Å². The van der Waals surface area contributed by atoms with Crippen LogP contribution in [0.5, 0.6) is 11.5 Å². The molecular formula is C14H16N2O3S. The van der Waals surface area contributed by atoms with Gasteiger partial charge in [-0.2, -0.15) is 0 Å². The lowest BCUT2D eigenvalue weighted by atomic mass is 10.1. The van der Waals surface area contributed by atoms with E-state index >= 15 is 0 Å². The molecule has 20 heavy (non-hydrogen) atoms. The second-order valence-corrected chi connectivity index (χ2v) is 5.04. The fraction of sp³-hybridized carbons (Fsp3) is 0.286. The molecule has 2 aromatic rings. The molecule has 0 aliphatic rings. The smallest absolute Gasteiger partial charge is 0.177 e.